The highest BCUT2D eigenvalue weighted by Gasteiger charge is 2.26. The molecule has 1 aliphatic rings. The van der Waals surface area contributed by atoms with Gasteiger partial charge in [-0.2, -0.15) is 0 Å². The van der Waals surface area contributed by atoms with E-state index in [1.165, 1.54) is 10.4 Å². The molecule has 24 heavy (non-hydrogen) atoms. The number of nitrogens with zero attached hydrogens (tertiary/aromatic N) is 1. The fraction of sp³-hybridized carbons (Fsp3) is 0.421. The van der Waals surface area contributed by atoms with Crippen molar-refractivity contribution >= 4 is 17.2 Å². The van der Waals surface area contributed by atoms with Crippen molar-refractivity contribution < 1.29 is 14.3 Å². The third-order valence-corrected chi connectivity index (χ3v) is 5.29. The van der Waals surface area contributed by atoms with Crippen LogP contribution in [0.3, 0.4) is 0 Å². The van der Waals surface area contributed by atoms with E-state index in [0.717, 1.165) is 29.3 Å². The standard InChI is InChI=1S/C19H23NO3S/c1-4-9-20(19(21)18-10-13(2)14(3)24-18)11-15-12-22-16-7-5-6-8-17(16)23-15/h5-8,10,15H,4,9,11-12H2,1-3H3. The number of benzene rings is 1. The van der Waals surface area contributed by atoms with Crippen molar-refractivity contribution in [1.29, 1.82) is 0 Å². The van der Waals surface area contributed by atoms with Crippen LogP contribution < -0.4 is 9.47 Å². The summed E-state index contributed by atoms with van der Waals surface area (Å²) in [6.45, 7) is 7.90. The maximum atomic E-state index is 12.9. The monoisotopic (exact) mass is 345 g/mol. The average molecular weight is 345 g/mol. The molecule has 1 aromatic carbocycles. The summed E-state index contributed by atoms with van der Waals surface area (Å²) >= 11 is 1.56. The van der Waals surface area contributed by atoms with Gasteiger partial charge in [0.15, 0.2) is 17.6 Å². The number of rotatable bonds is 5. The maximum Gasteiger partial charge on any atom is 0.264 e. The number of amides is 1. The summed E-state index contributed by atoms with van der Waals surface area (Å²) in [5.41, 5.74) is 1.17. The molecule has 0 fully saturated rings. The Hall–Kier alpha value is -2.01. The van der Waals surface area contributed by atoms with Crippen LogP contribution in [0, 0.1) is 13.8 Å². The van der Waals surface area contributed by atoms with Crippen LogP contribution in [-0.2, 0) is 0 Å². The lowest BCUT2D eigenvalue weighted by atomic mass is 10.2. The summed E-state index contributed by atoms with van der Waals surface area (Å²) < 4.78 is 11.8. The first-order valence-corrected chi connectivity index (χ1v) is 9.15. The Balaban J connectivity index is 1.71. The highest BCUT2D eigenvalue weighted by Crippen LogP contribution is 2.31. The third kappa shape index (κ3) is 3.56. The van der Waals surface area contributed by atoms with Crippen molar-refractivity contribution in [3.63, 3.8) is 0 Å². The second kappa shape index (κ2) is 7.26. The summed E-state index contributed by atoms with van der Waals surface area (Å²) in [5, 5.41) is 0. The predicted molar refractivity (Wildman–Crippen MR) is 96.3 cm³/mol. The Morgan fingerprint density at radius 1 is 1.29 bits per heavy atom. The van der Waals surface area contributed by atoms with E-state index in [4.69, 9.17) is 9.47 Å². The molecule has 2 aromatic rings. The van der Waals surface area contributed by atoms with Crippen molar-refractivity contribution in [3.05, 3.63) is 45.6 Å². The zero-order chi connectivity index (χ0) is 17.1. The van der Waals surface area contributed by atoms with E-state index in [-0.39, 0.29) is 12.0 Å². The Bertz CT molecular complexity index is 706. The SMILES string of the molecule is CCCN(CC1COc2ccccc2O1)C(=O)c1cc(C)c(C)s1. The summed E-state index contributed by atoms with van der Waals surface area (Å²) in [6, 6.07) is 9.64. The molecule has 1 atom stereocenters. The van der Waals surface area contributed by atoms with Crippen LogP contribution in [-0.4, -0.2) is 36.6 Å². The van der Waals surface area contributed by atoms with Gasteiger partial charge in [-0.25, -0.2) is 0 Å². The van der Waals surface area contributed by atoms with Crippen molar-refractivity contribution in [1.82, 2.24) is 4.90 Å². The van der Waals surface area contributed by atoms with Gasteiger partial charge in [0.1, 0.15) is 6.61 Å². The number of ether oxygens (including phenoxy) is 2. The molecule has 2 heterocycles. The summed E-state index contributed by atoms with van der Waals surface area (Å²) in [7, 11) is 0. The molecule has 1 aliphatic heterocycles. The topological polar surface area (TPSA) is 38.8 Å². The normalized spacial score (nSPS) is 16.0. The van der Waals surface area contributed by atoms with Crippen LogP contribution >= 0.6 is 11.3 Å². The second-order valence-corrected chi connectivity index (χ2v) is 7.35. The van der Waals surface area contributed by atoms with Gasteiger partial charge in [-0.05, 0) is 44.0 Å². The van der Waals surface area contributed by atoms with Crippen molar-refractivity contribution in [2.75, 3.05) is 19.7 Å². The molecule has 1 unspecified atom stereocenters. The highest BCUT2D eigenvalue weighted by molar-refractivity contribution is 7.14. The number of para-hydroxylation sites is 2. The Kier molecular flexibility index (Phi) is 5.09. The second-order valence-electron chi connectivity index (χ2n) is 6.10. The van der Waals surface area contributed by atoms with Crippen LogP contribution in [0.4, 0.5) is 0 Å². The van der Waals surface area contributed by atoms with Gasteiger partial charge < -0.3 is 14.4 Å². The van der Waals surface area contributed by atoms with E-state index in [0.29, 0.717) is 13.2 Å². The van der Waals surface area contributed by atoms with Gasteiger partial charge in [0.2, 0.25) is 0 Å². The van der Waals surface area contributed by atoms with E-state index in [1.807, 2.05) is 42.2 Å². The molecule has 0 bridgehead atoms. The number of thiophene rings is 1. The average Bonchev–Trinajstić information content (AvgIpc) is 2.93. The smallest absolute Gasteiger partial charge is 0.264 e. The van der Waals surface area contributed by atoms with Crippen LogP contribution in [0.15, 0.2) is 30.3 Å². The predicted octanol–water partition coefficient (Wildman–Crippen LogP) is 4.06. The van der Waals surface area contributed by atoms with Crippen molar-refractivity contribution in [2.45, 2.75) is 33.3 Å². The number of hydrogen-bond donors (Lipinski definition) is 0. The molecule has 5 heteroatoms. The number of fused-ring (bicyclic) bond motifs is 1. The van der Waals surface area contributed by atoms with Gasteiger partial charge in [0.05, 0.1) is 11.4 Å². The van der Waals surface area contributed by atoms with Crippen molar-refractivity contribution in [3.8, 4) is 11.5 Å². The number of aryl methyl sites for hydroxylation is 2. The van der Waals surface area contributed by atoms with Gasteiger partial charge >= 0.3 is 0 Å². The van der Waals surface area contributed by atoms with E-state index in [2.05, 4.69) is 13.8 Å². The molecule has 1 aromatic heterocycles. The van der Waals surface area contributed by atoms with E-state index < -0.39 is 0 Å². The van der Waals surface area contributed by atoms with Gasteiger partial charge in [0, 0.05) is 11.4 Å². The van der Waals surface area contributed by atoms with Gasteiger partial charge in [-0.1, -0.05) is 19.1 Å². The Morgan fingerprint density at radius 2 is 2.04 bits per heavy atom. The molecule has 0 spiro atoms. The van der Waals surface area contributed by atoms with E-state index in [1.54, 1.807) is 11.3 Å². The molecule has 0 N–H and O–H groups in total. The van der Waals surface area contributed by atoms with Crippen LogP contribution in [0.5, 0.6) is 11.5 Å². The molecule has 0 saturated heterocycles. The van der Waals surface area contributed by atoms with E-state index >= 15 is 0 Å². The Labute approximate surface area is 147 Å². The summed E-state index contributed by atoms with van der Waals surface area (Å²) in [4.78, 5) is 16.7. The minimum absolute atomic E-state index is 0.0838. The first-order valence-electron chi connectivity index (χ1n) is 8.33. The first-order chi connectivity index (χ1) is 11.6. The number of carbonyl (C=O) groups is 1. The van der Waals surface area contributed by atoms with Gasteiger partial charge in [-0.3, -0.25) is 4.79 Å². The molecule has 0 aliphatic carbocycles. The molecule has 128 valence electrons. The van der Waals surface area contributed by atoms with E-state index in [9.17, 15) is 4.79 Å². The molecule has 4 nitrogen and oxygen atoms in total. The van der Waals surface area contributed by atoms with Gasteiger partial charge in [0.25, 0.3) is 5.91 Å². The highest BCUT2D eigenvalue weighted by atomic mass is 32.1. The van der Waals surface area contributed by atoms with Crippen LogP contribution in [0.1, 0.15) is 33.5 Å². The minimum Gasteiger partial charge on any atom is -0.486 e. The number of hydrogen-bond acceptors (Lipinski definition) is 4. The van der Waals surface area contributed by atoms with Crippen molar-refractivity contribution in [2.24, 2.45) is 0 Å². The molecular formula is C19H23NO3S. The zero-order valence-corrected chi connectivity index (χ0v) is 15.2. The minimum atomic E-state index is -0.141. The van der Waals surface area contributed by atoms with Crippen LogP contribution in [0.2, 0.25) is 0 Å². The molecule has 0 radical (unpaired) electrons. The lowest BCUT2D eigenvalue weighted by molar-refractivity contribution is 0.0465. The molecular weight excluding hydrogens is 322 g/mol. The number of carbonyl (C=O) groups excluding carboxylic acids is 1. The largest absolute Gasteiger partial charge is 0.486 e. The fourth-order valence-electron chi connectivity index (χ4n) is 2.78. The zero-order valence-electron chi connectivity index (χ0n) is 14.4. The summed E-state index contributed by atoms with van der Waals surface area (Å²) in [5.74, 6) is 1.60. The Morgan fingerprint density at radius 3 is 2.71 bits per heavy atom. The summed E-state index contributed by atoms with van der Waals surface area (Å²) in [6.07, 6.45) is 0.775. The fourth-order valence-corrected chi connectivity index (χ4v) is 3.78. The molecule has 1 amide bonds. The third-order valence-electron chi connectivity index (χ3n) is 4.15. The quantitative estimate of drug-likeness (QED) is 0.820. The molecule has 0 saturated carbocycles. The van der Waals surface area contributed by atoms with Gasteiger partial charge in [-0.15, -0.1) is 11.3 Å². The lowest BCUT2D eigenvalue weighted by Gasteiger charge is -2.31. The lowest BCUT2D eigenvalue weighted by Crippen LogP contribution is -2.43. The maximum absolute atomic E-state index is 12.9. The molecule has 3 rings (SSSR count). The van der Waals surface area contributed by atoms with Crippen LogP contribution in [0.25, 0.3) is 0 Å². The first kappa shape index (κ1) is 16.8.